The van der Waals surface area contributed by atoms with Crippen LogP contribution < -0.4 is 0 Å². The number of carbonyl (C=O) groups is 1. The van der Waals surface area contributed by atoms with E-state index >= 15 is 0 Å². The fraction of sp³-hybridized carbons (Fsp3) is 0.464. The molecule has 2 aliphatic rings. The zero-order valence-corrected chi connectivity index (χ0v) is 21.1. The number of nitrogens with zero attached hydrogens (tertiary/aromatic N) is 4. The number of ether oxygens (including phenoxy) is 1. The van der Waals surface area contributed by atoms with Gasteiger partial charge in [-0.2, -0.15) is 0 Å². The van der Waals surface area contributed by atoms with Crippen LogP contribution in [0.2, 0.25) is 5.02 Å². The number of likely N-dealkylation sites (tertiary alicyclic amines) is 1. The van der Waals surface area contributed by atoms with Gasteiger partial charge in [0.15, 0.2) is 0 Å². The van der Waals surface area contributed by atoms with Crippen molar-refractivity contribution in [3.63, 3.8) is 0 Å². The molecule has 2 fully saturated rings. The summed E-state index contributed by atoms with van der Waals surface area (Å²) in [6.07, 6.45) is 8.37. The summed E-state index contributed by atoms with van der Waals surface area (Å²) >= 11 is 6.17. The Kier molecular flexibility index (Phi) is 7.99. The first-order chi connectivity index (χ1) is 17.6. The summed E-state index contributed by atoms with van der Waals surface area (Å²) in [4.78, 5) is 14.7. The molecule has 36 heavy (non-hydrogen) atoms. The highest BCUT2D eigenvalue weighted by Gasteiger charge is 2.38. The van der Waals surface area contributed by atoms with Crippen LogP contribution in [0.15, 0.2) is 60.8 Å². The Labute approximate surface area is 217 Å². The molecule has 0 amide bonds. The largest absolute Gasteiger partial charge is 0.455 e. The smallest absolute Gasteiger partial charge is 0.338 e. The Balaban J connectivity index is 1.29. The lowest BCUT2D eigenvalue weighted by Crippen LogP contribution is -2.48. The third kappa shape index (κ3) is 5.97. The van der Waals surface area contributed by atoms with Crippen LogP contribution in [0.25, 0.3) is 0 Å². The van der Waals surface area contributed by atoms with Gasteiger partial charge in [-0.3, -0.25) is 4.90 Å². The molecule has 1 aliphatic heterocycles. The molecular weight excluding hydrogens is 476 g/mol. The highest BCUT2D eigenvalue weighted by atomic mass is 35.5. The molecule has 0 spiro atoms. The van der Waals surface area contributed by atoms with Crippen molar-refractivity contribution in [3.8, 4) is 0 Å². The van der Waals surface area contributed by atoms with Gasteiger partial charge < -0.3 is 9.84 Å². The fourth-order valence-corrected chi connectivity index (χ4v) is 5.71. The quantitative estimate of drug-likeness (QED) is 0.441. The Bertz CT molecular complexity index is 1130. The lowest BCUT2D eigenvalue weighted by Gasteiger charge is -2.44. The average Bonchev–Trinajstić information content (AvgIpc) is 3.38. The molecule has 3 aromatic rings. The van der Waals surface area contributed by atoms with E-state index in [2.05, 4.69) is 27.3 Å². The number of hydrogen-bond acceptors (Lipinski definition) is 6. The molecule has 1 saturated heterocycles. The standard InChI is InChI=1S/C28H33ClN4O3/c29-23-13-11-21(12-14-23)25-15-26(27(34)18-32(25)16-20-7-3-1-4-8-20)33-17-24(30-31-33)19-36-28(35)22-9-5-2-6-10-22/h2,5-6,9-14,17,20,25-27,34H,1,3-4,7-8,15-16,18-19H2/t25-,26-,27-/m1/s1. The number of piperidine rings is 1. The SMILES string of the molecule is O=C(OCc1cn([C@@H]2C[C@H](c3ccc(Cl)cc3)N(CC3CCCCC3)C[C@H]2O)nn1)c1ccccc1. The lowest BCUT2D eigenvalue weighted by molar-refractivity contribution is -0.0182. The maximum absolute atomic E-state index is 12.3. The van der Waals surface area contributed by atoms with Crippen molar-refractivity contribution in [3.05, 3.63) is 82.6 Å². The minimum absolute atomic E-state index is 0.0327. The first-order valence-corrected chi connectivity index (χ1v) is 13.2. The highest BCUT2D eigenvalue weighted by molar-refractivity contribution is 6.30. The second-order valence-electron chi connectivity index (χ2n) is 10.0. The normalized spacial score (nSPS) is 23.4. The van der Waals surface area contributed by atoms with Crippen molar-refractivity contribution in [2.45, 2.75) is 63.3 Å². The fourth-order valence-electron chi connectivity index (χ4n) is 5.58. The van der Waals surface area contributed by atoms with Crippen molar-refractivity contribution < 1.29 is 14.6 Å². The van der Waals surface area contributed by atoms with Gasteiger partial charge in [-0.1, -0.05) is 66.4 Å². The van der Waals surface area contributed by atoms with Crippen molar-refractivity contribution >= 4 is 17.6 Å². The van der Waals surface area contributed by atoms with Gasteiger partial charge in [-0.05, 0) is 55.0 Å². The molecule has 0 bridgehead atoms. The highest BCUT2D eigenvalue weighted by Crippen LogP contribution is 2.39. The van der Waals surface area contributed by atoms with Crippen molar-refractivity contribution in [1.29, 1.82) is 0 Å². The molecule has 1 saturated carbocycles. The van der Waals surface area contributed by atoms with E-state index in [0.717, 1.165) is 11.6 Å². The van der Waals surface area contributed by atoms with Gasteiger partial charge in [0.1, 0.15) is 12.3 Å². The van der Waals surface area contributed by atoms with Crippen LogP contribution in [0.1, 0.15) is 72.2 Å². The van der Waals surface area contributed by atoms with E-state index in [1.807, 2.05) is 18.2 Å². The van der Waals surface area contributed by atoms with Crippen molar-refractivity contribution in [2.75, 3.05) is 13.1 Å². The average molecular weight is 509 g/mol. The number of halogens is 1. The molecule has 2 aromatic carbocycles. The van der Waals surface area contributed by atoms with Gasteiger partial charge >= 0.3 is 5.97 Å². The molecule has 0 radical (unpaired) electrons. The van der Waals surface area contributed by atoms with E-state index in [0.29, 0.717) is 30.1 Å². The van der Waals surface area contributed by atoms with E-state index in [-0.39, 0.29) is 18.7 Å². The Morgan fingerprint density at radius 3 is 2.56 bits per heavy atom. The monoisotopic (exact) mass is 508 g/mol. The van der Waals surface area contributed by atoms with Gasteiger partial charge in [0.05, 0.1) is 23.9 Å². The van der Waals surface area contributed by atoms with Crippen LogP contribution in [0.3, 0.4) is 0 Å². The third-order valence-electron chi connectivity index (χ3n) is 7.50. The summed E-state index contributed by atoms with van der Waals surface area (Å²) in [6.45, 7) is 1.60. The second-order valence-corrected chi connectivity index (χ2v) is 10.5. The van der Waals surface area contributed by atoms with Crippen LogP contribution in [0.5, 0.6) is 0 Å². The Hall–Kier alpha value is -2.74. The number of hydrogen-bond donors (Lipinski definition) is 1. The second kappa shape index (κ2) is 11.5. The zero-order valence-electron chi connectivity index (χ0n) is 20.4. The van der Waals surface area contributed by atoms with Crippen LogP contribution >= 0.6 is 11.6 Å². The maximum Gasteiger partial charge on any atom is 0.338 e. The van der Waals surface area contributed by atoms with Gasteiger partial charge in [0.2, 0.25) is 0 Å². The molecule has 8 heteroatoms. The van der Waals surface area contributed by atoms with Gasteiger partial charge in [-0.15, -0.1) is 5.10 Å². The number of benzene rings is 2. The number of carbonyl (C=O) groups excluding carboxylic acids is 1. The van der Waals surface area contributed by atoms with Crippen LogP contribution in [-0.4, -0.2) is 50.2 Å². The molecule has 1 aliphatic carbocycles. The molecule has 0 unspecified atom stereocenters. The van der Waals surface area contributed by atoms with E-state index in [1.54, 1.807) is 35.1 Å². The Morgan fingerprint density at radius 2 is 1.81 bits per heavy atom. The van der Waals surface area contributed by atoms with Crippen molar-refractivity contribution in [2.24, 2.45) is 5.92 Å². The summed E-state index contributed by atoms with van der Waals surface area (Å²) < 4.78 is 7.14. The van der Waals surface area contributed by atoms with E-state index < -0.39 is 12.1 Å². The zero-order chi connectivity index (χ0) is 24.9. The molecule has 190 valence electrons. The van der Waals surface area contributed by atoms with Crippen LogP contribution in [0, 0.1) is 5.92 Å². The molecule has 2 heterocycles. The number of esters is 1. The van der Waals surface area contributed by atoms with Crippen molar-refractivity contribution in [1.82, 2.24) is 19.9 Å². The first kappa shape index (κ1) is 24.9. The molecular formula is C28H33ClN4O3. The van der Waals surface area contributed by atoms with Crippen LogP contribution in [-0.2, 0) is 11.3 Å². The number of aliphatic hydroxyl groups is 1. The summed E-state index contributed by atoms with van der Waals surface area (Å²) in [6, 6.07) is 16.9. The van der Waals surface area contributed by atoms with Crippen LogP contribution in [0.4, 0.5) is 0 Å². The molecule has 5 rings (SSSR count). The molecule has 7 nitrogen and oxygen atoms in total. The summed E-state index contributed by atoms with van der Waals surface area (Å²) in [5.74, 6) is 0.276. The predicted molar refractivity (Wildman–Crippen MR) is 138 cm³/mol. The number of aromatic nitrogens is 3. The van der Waals surface area contributed by atoms with E-state index in [4.69, 9.17) is 16.3 Å². The number of aliphatic hydroxyl groups excluding tert-OH is 1. The van der Waals surface area contributed by atoms with Gasteiger partial charge in [0, 0.05) is 24.2 Å². The third-order valence-corrected chi connectivity index (χ3v) is 7.75. The summed E-state index contributed by atoms with van der Waals surface area (Å²) in [5, 5.41) is 20.4. The lowest BCUT2D eigenvalue weighted by atomic mass is 9.85. The predicted octanol–water partition coefficient (Wildman–Crippen LogP) is 5.22. The summed E-state index contributed by atoms with van der Waals surface area (Å²) in [5.41, 5.74) is 2.25. The molecule has 1 aromatic heterocycles. The molecule has 1 N–H and O–H groups in total. The maximum atomic E-state index is 12.3. The topological polar surface area (TPSA) is 80.5 Å². The van der Waals surface area contributed by atoms with Gasteiger partial charge in [0.25, 0.3) is 0 Å². The molecule has 3 atom stereocenters. The summed E-state index contributed by atoms with van der Waals surface area (Å²) in [7, 11) is 0. The van der Waals surface area contributed by atoms with E-state index in [9.17, 15) is 9.90 Å². The van der Waals surface area contributed by atoms with E-state index in [1.165, 1.54) is 37.7 Å². The first-order valence-electron chi connectivity index (χ1n) is 12.9. The number of rotatable bonds is 7. The number of β-amino-alcohol motifs (C(OH)–C–C–N with tert-alkyl or cyclic N) is 1. The minimum Gasteiger partial charge on any atom is -0.455 e. The minimum atomic E-state index is -0.571. The Morgan fingerprint density at radius 1 is 1.06 bits per heavy atom. The van der Waals surface area contributed by atoms with Gasteiger partial charge in [-0.25, -0.2) is 9.48 Å².